The van der Waals surface area contributed by atoms with Crippen LogP contribution in [-0.2, 0) is 4.79 Å². The van der Waals surface area contributed by atoms with Crippen LogP contribution in [0.1, 0.15) is 36.5 Å². The second-order valence-electron chi connectivity index (χ2n) is 5.35. The molecule has 23 heavy (non-hydrogen) atoms. The third-order valence-corrected chi connectivity index (χ3v) is 3.52. The summed E-state index contributed by atoms with van der Waals surface area (Å²) in [5.41, 5.74) is 1.62. The lowest BCUT2D eigenvalue weighted by Gasteiger charge is -2.08. The van der Waals surface area contributed by atoms with Crippen molar-refractivity contribution in [3.63, 3.8) is 0 Å². The molecule has 1 heterocycles. The lowest BCUT2D eigenvalue weighted by Crippen LogP contribution is -2.34. The molecule has 0 saturated heterocycles. The molecule has 0 aliphatic carbocycles. The smallest absolute Gasteiger partial charge is 0.251 e. The topological polar surface area (TPSA) is 63.1 Å². The molecule has 1 aromatic carbocycles. The molecule has 0 fully saturated rings. The molecule has 0 spiro atoms. The third kappa shape index (κ3) is 5.29. The highest BCUT2D eigenvalue weighted by atomic mass is 16.2. The van der Waals surface area contributed by atoms with Crippen molar-refractivity contribution >= 4 is 11.8 Å². The Morgan fingerprint density at radius 2 is 1.65 bits per heavy atom. The Morgan fingerprint density at radius 1 is 1.00 bits per heavy atom. The van der Waals surface area contributed by atoms with Crippen molar-refractivity contribution in [2.45, 2.75) is 26.2 Å². The number of hydrogen-bond acceptors (Lipinski definition) is 2. The van der Waals surface area contributed by atoms with Gasteiger partial charge in [-0.2, -0.15) is 0 Å². The molecule has 2 N–H and O–H groups in total. The van der Waals surface area contributed by atoms with Crippen LogP contribution in [0.5, 0.6) is 0 Å². The van der Waals surface area contributed by atoms with E-state index in [-0.39, 0.29) is 11.8 Å². The van der Waals surface area contributed by atoms with Gasteiger partial charge in [-0.25, -0.2) is 0 Å². The first-order valence-electron chi connectivity index (χ1n) is 7.99. The van der Waals surface area contributed by atoms with Crippen LogP contribution in [0.3, 0.4) is 0 Å². The first kappa shape index (κ1) is 16.8. The average molecular weight is 313 g/mol. The lowest BCUT2D eigenvalue weighted by molar-refractivity contribution is -0.121. The third-order valence-electron chi connectivity index (χ3n) is 3.52. The maximum absolute atomic E-state index is 12.0. The molecule has 2 amide bonds. The van der Waals surface area contributed by atoms with E-state index >= 15 is 0 Å². The summed E-state index contributed by atoms with van der Waals surface area (Å²) < 4.78 is 1.98. The van der Waals surface area contributed by atoms with Crippen molar-refractivity contribution in [3.8, 4) is 5.69 Å². The van der Waals surface area contributed by atoms with Gasteiger partial charge >= 0.3 is 0 Å². The minimum atomic E-state index is -0.133. The predicted octanol–water partition coefficient (Wildman–Crippen LogP) is 2.51. The SMILES string of the molecule is CCCCC(=O)NCCNC(=O)c1ccc(-n2cccc2)cc1. The zero-order valence-electron chi connectivity index (χ0n) is 13.4. The van der Waals surface area contributed by atoms with Crippen molar-refractivity contribution in [1.29, 1.82) is 0 Å². The zero-order chi connectivity index (χ0) is 16.5. The number of unbranched alkanes of at least 4 members (excludes halogenated alkanes) is 1. The van der Waals surface area contributed by atoms with Gasteiger partial charge in [0.15, 0.2) is 0 Å². The fraction of sp³-hybridized carbons (Fsp3) is 0.333. The summed E-state index contributed by atoms with van der Waals surface area (Å²) in [6.45, 7) is 2.93. The predicted molar refractivity (Wildman–Crippen MR) is 90.6 cm³/mol. The van der Waals surface area contributed by atoms with E-state index < -0.39 is 0 Å². The molecule has 0 aliphatic rings. The van der Waals surface area contributed by atoms with Crippen LogP contribution < -0.4 is 10.6 Å². The largest absolute Gasteiger partial charge is 0.354 e. The number of nitrogens with zero attached hydrogens (tertiary/aromatic N) is 1. The summed E-state index contributed by atoms with van der Waals surface area (Å²) in [6, 6.07) is 11.3. The molecule has 5 heteroatoms. The molecule has 1 aromatic heterocycles. The number of carbonyl (C=O) groups is 2. The summed E-state index contributed by atoms with van der Waals surface area (Å²) >= 11 is 0. The van der Waals surface area contributed by atoms with Crippen molar-refractivity contribution in [1.82, 2.24) is 15.2 Å². The van der Waals surface area contributed by atoms with E-state index in [1.807, 2.05) is 41.2 Å². The maximum atomic E-state index is 12.0. The zero-order valence-corrected chi connectivity index (χ0v) is 13.4. The quantitative estimate of drug-likeness (QED) is 0.736. The molecule has 0 radical (unpaired) electrons. The molecule has 0 aliphatic heterocycles. The molecule has 0 bridgehead atoms. The van der Waals surface area contributed by atoms with Gasteiger partial charge in [-0.15, -0.1) is 0 Å². The fourth-order valence-corrected chi connectivity index (χ4v) is 2.20. The molecule has 0 unspecified atom stereocenters. The van der Waals surface area contributed by atoms with E-state index in [0.717, 1.165) is 18.5 Å². The molecule has 2 aromatic rings. The van der Waals surface area contributed by atoms with E-state index in [4.69, 9.17) is 0 Å². The maximum Gasteiger partial charge on any atom is 0.251 e. The number of benzene rings is 1. The number of carbonyl (C=O) groups excluding carboxylic acids is 2. The normalized spacial score (nSPS) is 10.3. The Morgan fingerprint density at radius 3 is 2.30 bits per heavy atom. The fourth-order valence-electron chi connectivity index (χ4n) is 2.20. The Labute approximate surface area is 136 Å². The van der Waals surface area contributed by atoms with Gasteiger partial charge in [-0.3, -0.25) is 9.59 Å². The number of hydrogen-bond donors (Lipinski definition) is 2. The molecular formula is C18H23N3O2. The monoisotopic (exact) mass is 313 g/mol. The average Bonchev–Trinajstić information content (AvgIpc) is 3.11. The van der Waals surface area contributed by atoms with Gasteiger partial charge < -0.3 is 15.2 Å². The van der Waals surface area contributed by atoms with Crippen LogP contribution in [0.25, 0.3) is 5.69 Å². The first-order chi connectivity index (χ1) is 11.2. The van der Waals surface area contributed by atoms with Crippen LogP contribution in [0.4, 0.5) is 0 Å². The molecule has 0 saturated carbocycles. The molecule has 0 atom stereocenters. The summed E-state index contributed by atoms with van der Waals surface area (Å²) in [5, 5.41) is 5.60. The summed E-state index contributed by atoms with van der Waals surface area (Å²) in [7, 11) is 0. The Bertz CT molecular complexity index is 618. The Kier molecular flexibility index (Phi) is 6.41. The van der Waals surface area contributed by atoms with Crippen molar-refractivity contribution in [3.05, 3.63) is 54.4 Å². The number of nitrogens with one attached hydrogen (secondary N) is 2. The highest BCUT2D eigenvalue weighted by Gasteiger charge is 2.05. The summed E-state index contributed by atoms with van der Waals surface area (Å²) in [6.07, 6.45) is 6.35. The van der Waals surface area contributed by atoms with Gasteiger partial charge in [0, 0.05) is 43.2 Å². The summed E-state index contributed by atoms with van der Waals surface area (Å²) in [4.78, 5) is 23.5. The Balaban J connectivity index is 1.74. The second kappa shape index (κ2) is 8.78. The number of rotatable bonds is 8. The lowest BCUT2D eigenvalue weighted by atomic mass is 10.2. The van der Waals surface area contributed by atoms with E-state index in [1.165, 1.54) is 0 Å². The first-order valence-corrected chi connectivity index (χ1v) is 7.99. The van der Waals surface area contributed by atoms with Gasteiger partial charge in [-0.05, 0) is 42.8 Å². The molecular weight excluding hydrogens is 290 g/mol. The van der Waals surface area contributed by atoms with E-state index in [2.05, 4.69) is 17.6 Å². The highest BCUT2D eigenvalue weighted by Crippen LogP contribution is 2.09. The van der Waals surface area contributed by atoms with E-state index in [9.17, 15) is 9.59 Å². The second-order valence-corrected chi connectivity index (χ2v) is 5.35. The Hall–Kier alpha value is -2.56. The van der Waals surface area contributed by atoms with Crippen LogP contribution in [0, 0.1) is 0 Å². The molecule has 5 nitrogen and oxygen atoms in total. The van der Waals surface area contributed by atoms with Crippen LogP contribution >= 0.6 is 0 Å². The van der Waals surface area contributed by atoms with Crippen LogP contribution in [-0.4, -0.2) is 29.5 Å². The van der Waals surface area contributed by atoms with Gasteiger partial charge in [0.1, 0.15) is 0 Å². The highest BCUT2D eigenvalue weighted by molar-refractivity contribution is 5.94. The van der Waals surface area contributed by atoms with E-state index in [0.29, 0.717) is 25.1 Å². The summed E-state index contributed by atoms with van der Waals surface area (Å²) in [5.74, 6) is -0.0935. The van der Waals surface area contributed by atoms with Gasteiger partial charge in [-0.1, -0.05) is 13.3 Å². The van der Waals surface area contributed by atoms with Gasteiger partial charge in [0.25, 0.3) is 5.91 Å². The minimum Gasteiger partial charge on any atom is -0.354 e. The number of amides is 2. The number of aromatic nitrogens is 1. The van der Waals surface area contributed by atoms with E-state index in [1.54, 1.807) is 12.1 Å². The van der Waals surface area contributed by atoms with Crippen molar-refractivity contribution in [2.75, 3.05) is 13.1 Å². The van der Waals surface area contributed by atoms with Crippen LogP contribution in [0.15, 0.2) is 48.8 Å². The minimum absolute atomic E-state index is 0.0391. The van der Waals surface area contributed by atoms with Crippen LogP contribution in [0.2, 0.25) is 0 Å². The van der Waals surface area contributed by atoms with Gasteiger partial charge in [0.05, 0.1) is 0 Å². The van der Waals surface area contributed by atoms with Gasteiger partial charge in [0.2, 0.25) is 5.91 Å². The molecule has 122 valence electrons. The van der Waals surface area contributed by atoms with Crippen molar-refractivity contribution in [2.24, 2.45) is 0 Å². The molecule has 2 rings (SSSR count). The van der Waals surface area contributed by atoms with Crippen molar-refractivity contribution < 1.29 is 9.59 Å². The standard InChI is InChI=1S/C18H23N3O2/c1-2-3-6-17(22)19-11-12-20-18(23)15-7-9-16(10-8-15)21-13-4-5-14-21/h4-5,7-10,13-14H,2-3,6,11-12H2,1H3,(H,19,22)(H,20,23).